The summed E-state index contributed by atoms with van der Waals surface area (Å²) in [5.41, 5.74) is -1.56. The Hall–Kier alpha value is -1.02. The molecule has 0 unspecified atom stereocenters. The Balaban J connectivity index is 2.61. The van der Waals surface area contributed by atoms with Crippen molar-refractivity contribution < 1.29 is 22.9 Å². The smallest absolute Gasteiger partial charge is 0.408 e. The molecule has 1 aromatic heterocycles. The predicted octanol–water partition coefficient (Wildman–Crippen LogP) is 1.26. The summed E-state index contributed by atoms with van der Waals surface area (Å²) in [4.78, 5) is 0. The van der Waals surface area contributed by atoms with E-state index in [1.807, 2.05) is 0 Å². The average Bonchev–Trinajstić information content (AvgIpc) is 2.58. The van der Waals surface area contributed by atoms with Gasteiger partial charge in [-0.05, 0) is 33.2 Å². The second-order valence-electron chi connectivity index (χ2n) is 5.39. The largest absolute Gasteiger partial charge is 0.427 e. The fourth-order valence-corrected chi connectivity index (χ4v) is 1.07. The zero-order valence-electron chi connectivity index (χ0n) is 11.3. The number of hydrogen-bond donors (Lipinski definition) is 1. The van der Waals surface area contributed by atoms with Crippen molar-refractivity contribution in [2.75, 3.05) is 0 Å². The van der Waals surface area contributed by atoms with Crippen molar-refractivity contribution in [3.63, 3.8) is 0 Å². The maximum Gasteiger partial charge on any atom is 0.408 e. The van der Waals surface area contributed by atoms with E-state index in [0.29, 0.717) is 5.46 Å². The Labute approximate surface area is 110 Å². The normalized spacial score (nSPS) is 13.7. The molecule has 0 bridgehead atoms. The van der Waals surface area contributed by atoms with E-state index < -0.39 is 23.9 Å². The highest BCUT2D eigenvalue weighted by Crippen LogP contribution is 2.24. The Morgan fingerprint density at radius 2 is 1.89 bits per heavy atom. The fourth-order valence-electron chi connectivity index (χ4n) is 1.07. The van der Waals surface area contributed by atoms with E-state index in [-0.39, 0.29) is 0 Å². The van der Waals surface area contributed by atoms with Crippen LogP contribution in [-0.4, -0.2) is 39.7 Å². The number of aromatic nitrogens is 2. The van der Waals surface area contributed by atoms with Crippen LogP contribution in [0, 0.1) is 0 Å². The summed E-state index contributed by atoms with van der Waals surface area (Å²) in [7, 11) is 1.29. The molecule has 107 valence electrons. The van der Waals surface area contributed by atoms with Gasteiger partial charge in [0, 0.05) is 12.4 Å². The van der Waals surface area contributed by atoms with Crippen molar-refractivity contribution in [2.45, 2.75) is 51.6 Å². The van der Waals surface area contributed by atoms with Crippen molar-refractivity contribution in [3.8, 4) is 0 Å². The van der Waals surface area contributed by atoms with Gasteiger partial charge in [0.2, 0.25) is 0 Å². The lowest BCUT2D eigenvalue weighted by Crippen LogP contribution is -2.49. The summed E-state index contributed by atoms with van der Waals surface area (Å²) in [6.45, 7) is 5.41. The van der Waals surface area contributed by atoms with Gasteiger partial charge in [-0.25, -0.2) is 0 Å². The van der Waals surface area contributed by atoms with Crippen molar-refractivity contribution in [1.29, 1.82) is 0 Å². The highest BCUT2D eigenvalue weighted by atomic mass is 19.4. The molecular formula is C11H17BF3N2O2. The van der Waals surface area contributed by atoms with Crippen LogP contribution in [0.2, 0.25) is 0 Å². The fraction of sp³-hybridized carbons (Fsp3) is 0.727. The first kappa shape index (κ1) is 16.0. The average molecular weight is 277 g/mol. The number of aliphatic hydroxyl groups is 1. The predicted molar refractivity (Wildman–Crippen MR) is 65.1 cm³/mol. The SMILES string of the molecule is CC(C)(O)C(C)(C)O[B]c1cnn(CC(F)(F)F)c1. The third-order valence-corrected chi connectivity index (χ3v) is 2.96. The summed E-state index contributed by atoms with van der Waals surface area (Å²) >= 11 is 0. The lowest BCUT2D eigenvalue weighted by atomic mass is 9.84. The summed E-state index contributed by atoms with van der Waals surface area (Å²) in [5.74, 6) is 0. The first-order valence-corrected chi connectivity index (χ1v) is 5.73. The van der Waals surface area contributed by atoms with Crippen LogP contribution in [0.25, 0.3) is 0 Å². The molecular weight excluding hydrogens is 260 g/mol. The Kier molecular flexibility index (Phi) is 4.36. The molecule has 0 spiro atoms. The minimum atomic E-state index is -4.31. The van der Waals surface area contributed by atoms with Gasteiger partial charge in [-0.2, -0.15) is 18.3 Å². The zero-order chi connectivity index (χ0) is 14.9. The Bertz CT molecular complexity index is 424. The van der Waals surface area contributed by atoms with Crippen molar-refractivity contribution >= 4 is 12.9 Å². The molecule has 0 aliphatic carbocycles. The third kappa shape index (κ3) is 4.87. The molecule has 0 amide bonds. The van der Waals surface area contributed by atoms with Gasteiger partial charge >= 0.3 is 13.7 Å². The van der Waals surface area contributed by atoms with Crippen LogP contribution in [0.15, 0.2) is 12.4 Å². The van der Waals surface area contributed by atoms with Crippen LogP contribution in [0.5, 0.6) is 0 Å². The highest BCUT2D eigenvalue weighted by molar-refractivity contribution is 6.46. The zero-order valence-corrected chi connectivity index (χ0v) is 11.3. The van der Waals surface area contributed by atoms with Crippen molar-refractivity contribution in [1.82, 2.24) is 9.78 Å². The molecule has 0 aliphatic heterocycles. The highest BCUT2D eigenvalue weighted by Gasteiger charge is 2.36. The van der Waals surface area contributed by atoms with Gasteiger partial charge in [-0.1, -0.05) is 0 Å². The molecule has 1 N–H and O–H groups in total. The monoisotopic (exact) mass is 277 g/mol. The van der Waals surface area contributed by atoms with Gasteiger partial charge < -0.3 is 9.76 Å². The molecule has 0 fully saturated rings. The van der Waals surface area contributed by atoms with Crippen LogP contribution in [0.4, 0.5) is 13.2 Å². The number of hydrogen-bond acceptors (Lipinski definition) is 3. The van der Waals surface area contributed by atoms with E-state index in [1.54, 1.807) is 27.7 Å². The maximum absolute atomic E-state index is 12.1. The quantitative estimate of drug-likeness (QED) is 0.824. The summed E-state index contributed by atoms with van der Waals surface area (Å²) in [6, 6.07) is 0. The van der Waals surface area contributed by atoms with Crippen molar-refractivity contribution in [2.24, 2.45) is 0 Å². The molecule has 0 saturated heterocycles. The van der Waals surface area contributed by atoms with Gasteiger partial charge in [-0.3, -0.25) is 4.68 Å². The van der Waals surface area contributed by atoms with Crippen LogP contribution >= 0.6 is 0 Å². The van der Waals surface area contributed by atoms with Crippen molar-refractivity contribution in [3.05, 3.63) is 12.4 Å². The second kappa shape index (κ2) is 5.17. The minimum absolute atomic E-state index is 0.404. The summed E-state index contributed by atoms with van der Waals surface area (Å²) in [5, 5.41) is 13.5. The molecule has 1 heterocycles. The van der Waals surface area contributed by atoms with E-state index in [1.165, 1.54) is 19.9 Å². The van der Waals surface area contributed by atoms with Gasteiger partial charge in [0.1, 0.15) is 6.54 Å². The molecule has 1 radical (unpaired) electrons. The van der Waals surface area contributed by atoms with E-state index in [2.05, 4.69) is 5.10 Å². The van der Waals surface area contributed by atoms with Crippen LogP contribution in [0.3, 0.4) is 0 Å². The number of halogens is 3. The van der Waals surface area contributed by atoms with E-state index in [0.717, 1.165) is 4.68 Å². The Morgan fingerprint density at radius 3 is 2.37 bits per heavy atom. The lowest BCUT2D eigenvalue weighted by Gasteiger charge is -2.37. The molecule has 0 atom stereocenters. The third-order valence-electron chi connectivity index (χ3n) is 2.96. The van der Waals surface area contributed by atoms with Crippen LogP contribution < -0.4 is 5.46 Å². The first-order valence-electron chi connectivity index (χ1n) is 5.73. The van der Waals surface area contributed by atoms with Crippen LogP contribution in [0.1, 0.15) is 27.7 Å². The number of rotatable bonds is 5. The van der Waals surface area contributed by atoms with Crippen LogP contribution in [-0.2, 0) is 11.2 Å². The lowest BCUT2D eigenvalue weighted by molar-refractivity contribution is -0.142. The summed E-state index contributed by atoms with van der Waals surface area (Å²) in [6.07, 6.45) is -1.81. The molecule has 8 heteroatoms. The topological polar surface area (TPSA) is 47.3 Å². The van der Waals surface area contributed by atoms with E-state index in [9.17, 15) is 18.3 Å². The molecule has 1 rings (SSSR count). The maximum atomic E-state index is 12.1. The van der Waals surface area contributed by atoms with Gasteiger partial charge in [-0.15, -0.1) is 0 Å². The standard InChI is InChI=1S/C11H17BF3N2O2/c1-9(2,18)10(3,4)19-12-8-5-16-17(6-8)7-11(13,14)15/h5-6,18H,7H2,1-4H3. The molecule has 1 aromatic rings. The second-order valence-corrected chi connectivity index (χ2v) is 5.39. The van der Waals surface area contributed by atoms with Gasteiger partial charge in [0.05, 0.1) is 11.2 Å². The number of alkyl halides is 3. The van der Waals surface area contributed by atoms with Gasteiger partial charge in [0.25, 0.3) is 0 Å². The molecule has 19 heavy (non-hydrogen) atoms. The Morgan fingerprint density at radius 1 is 1.32 bits per heavy atom. The minimum Gasteiger partial charge on any atom is -0.427 e. The molecule has 0 aromatic carbocycles. The molecule has 4 nitrogen and oxygen atoms in total. The van der Waals surface area contributed by atoms with E-state index in [4.69, 9.17) is 4.65 Å². The molecule has 0 aliphatic rings. The first-order chi connectivity index (χ1) is 8.41. The molecule has 0 saturated carbocycles. The van der Waals surface area contributed by atoms with Gasteiger partial charge in [0.15, 0.2) is 0 Å². The van der Waals surface area contributed by atoms with E-state index >= 15 is 0 Å². The summed E-state index contributed by atoms with van der Waals surface area (Å²) < 4.78 is 42.6. The number of nitrogens with zero attached hydrogens (tertiary/aromatic N) is 2.